The fourth-order valence-corrected chi connectivity index (χ4v) is 7.43. The average Bonchev–Trinajstić information content (AvgIpc) is 3.20. The van der Waals surface area contributed by atoms with Crippen LogP contribution in [0.1, 0.15) is 30.8 Å². The fraction of sp³-hybridized carbons (Fsp3) is 0.0612. The standard InChI is InChI=1S/C49H36N4/c1-4-12-37-29-42(32-14-8-6-9-15-32)40-24-18-34-21-26-44(52-46(34)48(40)50-37)36-20-23-39(31(3)28-36)45-27-22-35-19-25-41-43(33-16-10-7-11-17-33)30-38(13-5-2)51-49(41)47(35)53-45/h4-30H,1-3H3/b12-4+,13-5+. The molecule has 0 bridgehead atoms. The lowest BCUT2D eigenvalue weighted by molar-refractivity contribution is 1.32. The predicted octanol–water partition coefficient (Wildman–Crippen LogP) is 12.9. The molecule has 4 aromatic heterocycles. The van der Waals surface area contributed by atoms with Crippen molar-refractivity contribution in [3.8, 4) is 44.8 Å². The van der Waals surface area contributed by atoms with E-state index in [2.05, 4.69) is 146 Å². The third kappa shape index (κ3) is 5.84. The molecule has 252 valence electrons. The molecular weight excluding hydrogens is 645 g/mol. The van der Waals surface area contributed by atoms with Crippen LogP contribution in [0.3, 0.4) is 0 Å². The van der Waals surface area contributed by atoms with Crippen molar-refractivity contribution in [1.82, 2.24) is 19.9 Å². The molecular formula is C49H36N4. The summed E-state index contributed by atoms with van der Waals surface area (Å²) in [6.07, 6.45) is 8.17. The molecule has 0 N–H and O–H groups in total. The van der Waals surface area contributed by atoms with Crippen molar-refractivity contribution in [1.29, 1.82) is 0 Å². The summed E-state index contributed by atoms with van der Waals surface area (Å²) in [6, 6.07) is 49.1. The van der Waals surface area contributed by atoms with Crippen molar-refractivity contribution in [2.75, 3.05) is 0 Å². The van der Waals surface area contributed by atoms with Crippen LogP contribution in [0.25, 0.3) is 101 Å². The van der Waals surface area contributed by atoms with Gasteiger partial charge in [0, 0.05) is 32.7 Å². The Bertz CT molecular complexity index is 2910. The van der Waals surface area contributed by atoms with Crippen LogP contribution < -0.4 is 0 Å². The van der Waals surface area contributed by atoms with Gasteiger partial charge >= 0.3 is 0 Å². The van der Waals surface area contributed by atoms with E-state index < -0.39 is 0 Å². The summed E-state index contributed by atoms with van der Waals surface area (Å²) in [7, 11) is 0. The Labute approximate surface area is 308 Å². The molecule has 0 saturated heterocycles. The van der Waals surface area contributed by atoms with Gasteiger partial charge in [0.2, 0.25) is 0 Å². The Morgan fingerprint density at radius 1 is 0.396 bits per heavy atom. The third-order valence-electron chi connectivity index (χ3n) is 9.96. The number of aryl methyl sites for hydroxylation is 1. The van der Waals surface area contributed by atoms with E-state index in [9.17, 15) is 0 Å². The number of hydrogen-bond donors (Lipinski definition) is 0. The van der Waals surface area contributed by atoms with Crippen LogP contribution in [0.4, 0.5) is 0 Å². The predicted molar refractivity (Wildman–Crippen MR) is 224 cm³/mol. The lowest BCUT2D eigenvalue weighted by Gasteiger charge is -2.13. The topological polar surface area (TPSA) is 51.6 Å². The number of rotatable bonds is 6. The SMILES string of the molecule is C/C=C/c1cc(-c2ccccc2)c2ccc3ccc(-c4ccc(-c5ccc6ccc7c(-c8ccccc8)cc(/C=C/C)nc7c6n5)c(C)c4)nc3c2n1. The number of benzene rings is 5. The second-order valence-corrected chi connectivity index (χ2v) is 13.4. The van der Waals surface area contributed by atoms with Gasteiger partial charge in [0.15, 0.2) is 0 Å². The monoisotopic (exact) mass is 680 g/mol. The number of pyridine rings is 4. The second kappa shape index (κ2) is 13.4. The molecule has 0 saturated carbocycles. The highest BCUT2D eigenvalue weighted by Gasteiger charge is 2.15. The molecule has 0 amide bonds. The van der Waals surface area contributed by atoms with Crippen molar-refractivity contribution in [2.45, 2.75) is 20.8 Å². The van der Waals surface area contributed by atoms with Gasteiger partial charge in [-0.25, -0.2) is 19.9 Å². The van der Waals surface area contributed by atoms with Crippen molar-refractivity contribution < 1.29 is 0 Å². The van der Waals surface area contributed by atoms with E-state index >= 15 is 0 Å². The van der Waals surface area contributed by atoms with Crippen molar-refractivity contribution in [3.05, 3.63) is 169 Å². The normalized spacial score (nSPS) is 11.9. The van der Waals surface area contributed by atoms with Gasteiger partial charge in [0.25, 0.3) is 0 Å². The number of fused-ring (bicyclic) bond motifs is 6. The first-order chi connectivity index (χ1) is 26.1. The van der Waals surface area contributed by atoms with Gasteiger partial charge in [0.05, 0.1) is 44.8 Å². The number of hydrogen-bond acceptors (Lipinski definition) is 4. The second-order valence-electron chi connectivity index (χ2n) is 13.4. The molecule has 0 atom stereocenters. The highest BCUT2D eigenvalue weighted by molar-refractivity contribution is 6.10. The lowest BCUT2D eigenvalue weighted by atomic mass is 9.97. The summed E-state index contributed by atoms with van der Waals surface area (Å²) >= 11 is 0. The van der Waals surface area contributed by atoms with E-state index in [1.165, 1.54) is 0 Å². The van der Waals surface area contributed by atoms with Crippen molar-refractivity contribution in [3.63, 3.8) is 0 Å². The number of nitrogens with zero attached hydrogens (tertiary/aromatic N) is 4. The maximum absolute atomic E-state index is 5.29. The van der Waals surface area contributed by atoms with E-state index in [1.54, 1.807) is 0 Å². The molecule has 0 spiro atoms. The van der Waals surface area contributed by atoms with Crippen LogP contribution in [0, 0.1) is 6.92 Å². The van der Waals surface area contributed by atoms with E-state index in [1.807, 2.05) is 38.1 Å². The first kappa shape index (κ1) is 32.1. The van der Waals surface area contributed by atoms with Gasteiger partial charge in [-0.05, 0) is 91.1 Å². The minimum absolute atomic E-state index is 0.896. The Balaban J connectivity index is 1.15. The first-order valence-electron chi connectivity index (χ1n) is 18.0. The minimum Gasteiger partial charge on any atom is -0.246 e. The van der Waals surface area contributed by atoms with Gasteiger partial charge in [-0.2, -0.15) is 0 Å². The van der Waals surface area contributed by atoms with E-state index in [-0.39, 0.29) is 0 Å². The quantitative estimate of drug-likeness (QED) is 0.164. The van der Waals surface area contributed by atoms with Crippen LogP contribution in [0.5, 0.6) is 0 Å². The molecule has 0 radical (unpaired) electrons. The molecule has 53 heavy (non-hydrogen) atoms. The summed E-state index contributed by atoms with van der Waals surface area (Å²) in [5, 5.41) is 4.31. The fourth-order valence-electron chi connectivity index (χ4n) is 7.43. The van der Waals surface area contributed by atoms with Crippen LogP contribution >= 0.6 is 0 Å². The molecule has 9 rings (SSSR count). The molecule has 0 unspecified atom stereocenters. The maximum atomic E-state index is 5.29. The zero-order chi connectivity index (χ0) is 35.9. The highest BCUT2D eigenvalue weighted by Crippen LogP contribution is 2.37. The Hall–Kier alpha value is -6.78. The van der Waals surface area contributed by atoms with Gasteiger partial charge < -0.3 is 0 Å². The number of allylic oxidation sites excluding steroid dienone is 2. The van der Waals surface area contributed by atoms with Crippen LogP contribution in [0.2, 0.25) is 0 Å². The van der Waals surface area contributed by atoms with Crippen LogP contribution in [-0.4, -0.2) is 19.9 Å². The zero-order valence-electron chi connectivity index (χ0n) is 29.9. The lowest BCUT2D eigenvalue weighted by Crippen LogP contribution is -1.95. The summed E-state index contributed by atoms with van der Waals surface area (Å²) in [6.45, 7) is 6.20. The van der Waals surface area contributed by atoms with Gasteiger partial charge in [0.1, 0.15) is 0 Å². The summed E-state index contributed by atoms with van der Waals surface area (Å²) in [5.41, 5.74) is 15.1. The Morgan fingerprint density at radius 2 is 0.887 bits per heavy atom. The van der Waals surface area contributed by atoms with E-state index in [0.717, 1.165) is 105 Å². The smallest absolute Gasteiger partial charge is 0.0978 e. The van der Waals surface area contributed by atoms with Gasteiger partial charge in [-0.3, -0.25) is 0 Å². The molecule has 0 fully saturated rings. The summed E-state index contributed by atoms with van der Waals surface area (Å²) in [5.74, 6) is 0. The van der Waals surface area contributed by atoms with E-state index in [4.69, 9.17) is 19.9 Å². The molecule has 4 heterocycles. The molecule has 4 heteroatoms. The molecule has 5 aromatic carbocycles. The molecule has 0 aliphatic heterocycles. The van der Waals surface area contributed by atoms with E-state index in [0.29, 0.717) is 0 Å². The largest absolute Gasteiger partial charge is 0.246 e. The maximum Gasteiger partial charge on any atom is 0.0978 e. The van der Waals surface area contributed by atoms with Crippen molar-refractivity contribution in [2.24, 2.45) is 0 Å². The van der Waals surface area contributed by atoms with Gasteiger partial charge in [-0.15, -0.1) is 0 Å². The molecule has 9 aromatic rings. The highest BCUT2D eigenvalue weighted by atomic mass is 14.8. The molecule has 0 aliphatic carbocycles. The molecule has 0 aliphatic rings. The number of aromatic nitrogens is 4. The van der Waals surface area contributed by atoms with Crippen LogP contribution in [0.15, 0.2) is 152 Å². The Kier molecular flexibility index (Phi) is 8.13. The summed E-state index contributed by atoms with van der Waals surface area (Å²) < 4.78 is 0. The van der Waals surface area contributed by atoms with Crippen molar-refractivity contribution >= 4 is 55.8 Å². The summed E-state index contributed by atoms with van der Waals surface area (Å²) in [4.78, 5) is 20.8. The molecule has 4 nitrogen and oxygen atoms in total. The third-order valence-corrected chi connectivity index (χ3v) is 9.96. The van der Waals surface area contributed by atoms with Gasteiger partial charge in [-0.1, -0.05) is 121 Å². The minimum atomic E-state index is 0.896. The Morgan fingerprint density at radius 3 is 1.40 bits per heavy atom. The zero-order valence-corrected chi connectivity index (χ0v) is 29.9. The first-order valence-corrected chi connectivity index (χ1v) is 18.0. The van der Waals surface area contributed by atoms with Crippen LogP contribution in [-0.2, 0) is 0 Å². The average molecular weight is 681 g/mol.